The van der Waals surface area contributed by atoms with E-state index in [0.717, 1.165) is 16.8 Å². The summed E-state index contributed by atoms with van der Waals surface area (Å²) in [7, 11) is 1.69. The Bertz CT molecular complexity index is 390. The number of methoxy groups -OCH3 is 1. The van der Waals surface area contributed by atoms with E-state index in [1.165, 1.54) is 12.0 Å². The van der Waals surface area contributed by atoms with Crippen LogP contribution in [0.25, 0.3) is 0 Å². The van der Waals surface area contributed by atoms with E-state index >= 15 is 0 Å². The third-order valence-corrected chi connectivity index (χ3v) is 3.90. The third-order valence-electron chi connectivity index (χ3n) is 3.28. The fourth-order valence-corrected chi connectivity index (χ4v) is 2.46. The Hall–Kier alpha value is -0.540. The molecule has 1 N–H and O–H groups in total. The van der Waals surface area contributed by atoms with Crippen LogP contribution < -0.4 is 10.1 Å². The summed E-state index contributed by atoms with van der Waals surface area (Å²) >= 11 is 3.50. The van der Waals surface area contributed by atoms with Crippen molar-refractivity contribution in [2.24, 2.45) is 5.41 Å². The first-order valence-electron chi connectivity index (χ1n) is 5.59. The molecule has 1 atom stereocenters. The first kappa shape index (κ1) is 11.9. The van der Waals surface area contributed by atoms with Crippen LogP contribution in [0.2, 0.25) is 0 Å². The quantitative estimate of drug-likeness (QED) is 0.915. The van der Waals surface area contributed by atoms with Crippen LogP contribution in [0.1, 0.15) is 25.8 Å². The van der Waals surface area contributed by atoms with E-state index in [9.17, 15) is 0 Å². The Labute approximate surface area is 106 Å². The predicted octanol–water partition coefficient (Wildman–Crippen LogP) is 3.35. The minimum Gasteiger partial charge on any atom is -0.496 e. The van der Waals surface area contributed by atoms with E-state index in [1.807, 2.05) is 6.07 Å². The van der Waals surface area contributed by atoms with Gasteiger partial charge in [0.05, 0.1) is 11.6 Å². The molecular formula is C13H18BrNO. The molecule has 1 aliphatic rings. The van der Waals surface area contributed by atoms with Crippen molar-refractivity contribution in [2.75, 3.05) is 7.11 Å². The highest BCUT2D eigenvalue weighted by Crippen LogP contribution is 2.44. The molecule has 1 aromatic rings. The highest BCUT2D eigenvalue weighted by atomic mass is 79.9. The highest BCUT2D eigenvalue weighted by molar-refractivity contribution is 9.10. The first-order chi connectivity index (χ1) is 7.53. The topological polar surface area (TPSA) is 21.3 Å². The lowest BCUT2D eigenvalue weighted by Crippen LogP contribution is -2.19. The average Bonchev–Trinajstić information content (AvgIpc) is 2.84. The van der Waals surface area contributed by atoms with Gasteiger partial charge in [0.15, 0.2) is 0 Å². The Morgan fingerprint density at radius 3 is 2.69 bits per heavy atom. The molecule has 1 unspecified atom stereocenters. The number of hydrogen-bond donors (Lipinski definition) is 1. The lowest BCUT2D eigenvalue weighted by atomic mass is 10.2. The number of halogens is 1. The van der Waals surface area contributed by atoms with Gasteiger partial charge in [-0.15, -0.1) is 0 Å². The molecule has 3 heteroatoms. The first-order valence-corrected chi connectivity index (χ1v) is 6.38. The number of ether oxygens (including phenoxy) is 1. The predicted molar refractivity (Wildman–Crippen MR) is 69.7 cm³/mol. The molecule has 0 aromatic heterocycles. The van der Waals surface area contributed by atoms with E-state index in [-0.39, 0.29) is 0 Å². The van der Waals surface area contributed by atoms with Crippen LogP contribution in [-0.2, 0) is 6.54 Å². The highest BCUT2D eigenvalue weighted by Gasteiger charge is 2.44. The number of benzene rings is 1. The maximum atomic E-state index is 5.20. The van der Waals surface area contributed by atoms with Crippen LogP contribution in [0, 0.1) is 5.41 Å². The van der Waals surface area contributed by atoms with E-state index in [1.54, 1.807) is 7.11 Å². The summed E-state index contributed by atoms with van der Waals surface area (Å²) in [6.07, 6.45) is 1.28. The van der Waals surface area contributed by atoms with Gasteiger partial charge in [-0.1, -0.05) is 19.9 Å². The van der Waals surface area contributed by atoms with E-state index in [4.69, 9.17) is 4.74 Å². The summed E-state index contributed by atoms with van der Waals surface area (Å²) in [4.78, 5) is 0. The van der Waals surface area contributed by atoms with Gasteiger partial charge in [-0.2, -0.15) is 0 Å². The largest absolute Gasteiger partial charge is 0.496 e. The number of rotatable bonds is 4. The van der Waals surface area contributed by atoms with Gasteiger partial charge in [-0.05, 0) is 45.5 Å². The zero-order chi connectivity index (χ0) is 11.8. The molecule has 1 aliphatic carbocycles. The van der Waals surface area contributed by atoms with Crippen molar-refractivity contribution in [1.29, 1.82) is 0 Å². The third kappa shape index (κ3) is 2.58. The van der Waals surface area contributed by atoms with Gasteiger partial charge in [-0.3, -0.25) is 0 Å². The molecule has 0 aliphatic heterocycles. The van der Waals surface area contributed by atoms with E-state index in [0.29, 0.717) is 11.5 Å². The summed E-state index contributed by atoms with van der Waals surface area (Å²) < 4.78 is 6.22. The zero-order valence-electron chi connectivity index (χ0n) is 10.0. The van der Waals surface area contributed by atoms with Crippen LogP contribution >= 0.6 is 15.9 Å². The van der Waals surface area contributed by atoms with Gasteiger partial charge >= 0.3 is 0 Å². The Balaban J connectivity index is 1.93. The monoisotopic (exact) mass is 283 g/mol. The van der Waals surface area contributed by atoms with Gasteiger partial charge in [0, 0.05) is 12.6 Å². The Morgan fingerprint density at radius 1 is 1.50 bits per heavy atom. The number of nitrogens with one attached hydrogen (secondary N) is 1. The minimum absolute atomic E-state index is 0.490. The van der Waals surface area contributed by atoms with Crippen molar-refractivity contribution in [2.45, 2.75) is 32.9 Å². The van der Waals surface area contributed by atoms with Gasteiger partial charge in [-0.25, -0.2) is 0 Å². The van der Waals surface area contributed by atoms with Gasteiger partial charge < -0.3 is 10.1 Å². The average molecular weight is 284 g/mol. The second kappa shape index (κ2) is 4.38. The van der Waals surface area contributed by atoms with Crippen molar-refractivity contribution in [3.05, 3.63) is 28.2 Å². The molecule has 0 heterocycles. The van der Waals surface area contributed by atoms with E-state index in [2.05, 4.69) is 47.2 Å². The SMILES string of the molecule is COc1ccc(CNC2CC2(C)C)cc1Br. The molecule has 2 nitrogen and oxygen atoms in total. The minimum atomic E-state index is 0.490. The fraction of sp³-hybridized carbons (Fsp3) is 0.538. The van der Waals surface area contributed by atoms with Crippen molar-refractivity contribution >= 4 is 15.9 Å². The standard InChI is InChI=1S/C13H18BrNO/c1-13(2)7-12(13)15-8-9-4-5-11(16-3)10(14)6-9/h4-6,12,15H,7-8H2,1-3H3. The molecule has 1 saturated carbocycles. The molecule has 2 rings (SSSR count). The van der Waals surface area contributed by atoms with E-state index < -0.39 is 0 Å². The van der Waals surface area contributed by atoms with Gasteiger partial charge in [0.25, 0.3) is 0 Å². The molecule has 0 spiro atoms. The van der Waals surface area contributed by atoms with Crippen LogP contribution in [0.5, 0.6) is 5.75 Å². The van der Waals surface area contributed by atoms with Gasteiger partial charge in [0.1, 0.15) is 5.75 Å². The van der Waals surface area contributed by atoms with Crippen LogP contribution in [0.15, 0.2) is 22.7 Å². The smallest absolute Gasteiger partial charge is 0.133 e. The molecule has 0 radical (unpaired) electrons. The lowest BCUT2D eigenvalue weighted by molar-refractivity contribution is 0.412. The molecule has 1 aromatic carbocycles. The summed E-state index contributed by atoms with van der Waals surface area (Å²) in [5.41, 5.74) is 1.78. The second-order valence-corrected chi connectivity index (χ2v) is 5.95. The summed E-state index contributed by atoms with van der Waals surface area (Å²) in [6, 6.07) is 6.89. The maximum Gasteiger partial charge on any atom is 0.133 e. The van der Waals surface area contributed by atoms with Crippen LogP contribution in [0.3, 0.4) is 0 Å². The second-order valence-electron chi connectivity index (χ2n) is 5.10. The van der Waals surface area contributed by atoms with Crippen molar-refractivity contribution in [1.82, 2.24) is 5.32 Å². The number of hydrogen-bond acceptors (Lipinski definition) is 2. The van der Waals surface area contributed by atoms with Crippen molar-refractivity contribution < 1.29 is 4.74 Å². The summed E-state index contributed by atoms with van der Waals surface area (Å²) in [5.74, 6) is 0.885. The lowest BCUT2D eigenvalue weighted by Gasteiger charge is -2.09. The van der Waals surface area contributed by atoms with Crippen molar-refractivity contribution in [3.8, 4) is 5.75 Å². The van der Waals surface area contributed by atoms with Gasteiger partial charge in [0.2, 0.25) is 0 Å². The molecule has 0 saturated heterocycles. The summed E-state index contributed by atoms with van der Waals surface area (Å²) in [6.45, 7) is 5.53. The van der Waals surface area contributed by atoms with Crippen LogP contribution in [0.4, 0.5) is 0 Å². The van der Waals surface area contributed by atoms with Crippen molar-refractivity contribution in [3.63, 3.8) is 0 Å². The molecule has 0 bridgehead atoms. The Kier molecular flexibility index (Phi) is 3.27. The fourth-order valence-electron chi connectivity index (χ4n) is 1.88. The molecule has 0 amide bonds. The molecule has 88 valence electrons. The molecule has 16 heavy (non-hydrogen) atoms. The zero-order valence-corrected chi connectivity index (χ0v) is 11.6. The molecular weight excluding hydrogens is 266 g/mol. The summed E-state index contributed by atoms with van der Waals surface area (Å²) in [5, 5.41) is 3.57. The normalized spacial score (nSPS) is 21.9. The maximum absolute atomic E-state index is 5.20. The molecule has 1 fully saturated rings. The Morgan fingerprint density at radius 2 is 2.19 bits per heavy atom. The van der Waals surface area contributed by atoms with Crippen LogP contribution in [-0.4, -0.2) is 13.2 Å².